The number of benzene rings is 2. The molecular formula is C20H19N5O2. The van der Waals surface area contributed by atoms with E-state index in [9.17, 15) is 9.59 Å². The second-order valence-electron chi connectivity index (χ2n) is 5.80. The zero-order valence-corrected chi connectivity index (χ0v) is 14.6. The van der Waals surface area contributed by atoms with Crippen molar-refractivity contribution < 1.29 is 9.59 Å². The largest absolute Gasteiger partial charge is 0.347 e. The first-order valence-electron chi connectivity index (χ1n) is 8.43. The van der Waals surface area contributed by atoms with Gasteiger partial charge in [-0.25, -0.2) is 5.43 Å². The van der Waals surface area contributed by atoms with Crippen molar-refractivity contribution in [3.8, 4) is 11.3 Å². The smallest absolute Gasteiger partial charge is 0.259 e. The third-order valence-electron chi connectivity index (χ3n) is 3.78. The van der Waals surface area contributed by atoms with Gasteiger partial charge in [0.15, 0.2) is 0 Å². The highest BCUT2D eigenvalue weighted by molar-refractivity contribution is 5.90. The molecule has 0 atom stereocenters. The van der Waals surface area contributed by atoms with Crippen LogP contribution in [0.5, 0.6) is 0 Å². The van der Waals surface area contributed by atoms with E-state index < -0.39 is 5.91 Å². The summed E-state index contributed by atoms with van der Waals surface area (Å²) in [4.78, 5) is 23.7. The van der Waals surface area contributed by atoms with Gasteiger partial charge in [0.05, 0.1) is 31.1 Å². The van der Waals surface area contributed by atoms with Crippen LogP contribution in [0.15, 0.2) is 72.0 Å². The Morgan fingerprint density at radius 3 is 2.44 bits per heavy atom. The molecule has 1 heterocycles. The van der Waals surface area contributed by atoms with Crippen molar-refractivity contribution in [2.45, 2.75) is 6.42 Å². The SMILES string of the molecule is O=C(Cc1ccccc1)NCC(=O)N/N=C\c1cn[nH]c1-c1ccccc1. The number of amides is 2. The second kappa shape index (κ2) is 9.10. The van der Waals surface area contributed by atoms with E-state index in [-0.39, 0.29) is 18.9 Å². The number of hydrogen-bond acceptors (Lipinski definition) is 4. The van der Waals surface area contributed by atoms with Gasteiger partial charge in [-0.15, -0.1) is 0 Å². The molecule has 3 aromatic rings. The van der Waals surface area contributed by atoms with Crippen molar-refractivity contribution in [2.24, 2.45) is 5.10 Å². The van der Waals surface area contributed by atoms with E-state index in [4.69, 9.17) is 0 Å². The van der Waals surface area contributed by atoms with Crippen LogP contribution in [0.25, 0.3) is 11.3 Å². The highest BCUT2D eigenvalue weighted by Gasteiger charge is 2.07. The lowest BCUT2D eigenvalue weighted by Gasteiger charge is -2.04. The summed E-state index contributed by atoms with van der Waals surface area (Å²) >= 11 is 0. The zero-order valence-electron chi connectivity index (χ0n) is 14.6. The molecular weight excluding hydrogens is 342 g/mol. The Balaban J connectivity index is 1.47. The molecule has 0 aliphatic rings. The Bertz CT molecular complexity index is 920. The minimum Gasteiger partial charge on any atom is -0.347 e. The quantitative estimate of drug-likeness (QED) is 0.443. The number of aromatic nitrogens is 2. The van der Waals surface area contributed by atoms with Gasteiger partial charge in [0.2, 0.25) is 5.91 Å². The molecule has 0 unspecified atom stereocenters. The van der Waals surface area contributed by atoms with E-state index in [2.05, 4.69) is 26.0 Å². The van der Waals surface area contributed by atoms with Crippen molar-refractivity contribution in [3.05, 3.63) is 78.0 Å². The summed E-state index contributed by atoms with van der Waals surface area (Å²) in [5.41, 5.74) is 5.81. The summed E-state index contributed by atoms with van der Waals surface area (Å²) in [6.45, 7) is -0.139. The molecule has 7 heteroatoms. The lowest BCUT2D eigenvalue weighted by Crippen LogP contribution is -2.35. The topological polar surface area (TPSA) is 99.2 Å². The van der Waals surface area contributed by atoms with Crippen LogP contribution >= 0.6 is 0 Å². The van der Waals surface area contributed by atoms with E-state index >= 15 is 0 Å². The molecule has 2 aromatic carbocycles. The first-order valence-corrected chi connectivity index (χ1v) is 8.43. The van der Waals surface area contributed by atoms with Crippen LogP contribution in [0.3, 0.4) is 0 Å². The maximum atomic E-state index is 11.8. The number of hydrazone groups is 1. The lowest BCUT2D eigenvalue weighted by atomic mass is 10.1. The van der Waals surface area contributed by atoms with Crippen molar-refractivity contribution in [1.82, 2.24) is 20.9 Å². The zero-order chi connectivity index (χ0) is 18.9. The van der Waals surface area contributed by atoms with Crippen LogP contribution in [0.2, 0.25) is 0 Å². The third-order valence-corrected chi connectivity index (χ3v) is 3.78. The molecule has 136 valence electrons. The summed E-state index contributed by atoms with van der Waals surface area (Å²) in [7, 11) is 0. The number of carbonyl (C=O) groups is 2. The van der Waals surface area contributed by atoms with Gasteiger partial charge in [-0.05, 0) is 5.56 Å². The molecule has 0 fully saturated rings. The summed E-state index contributed by atoms with van der Waals surface area (Å²) in [5, 5.41) is 13.4. The van der Waals surface area contributed by atoms with Gasteiger partial charge >= 0.3 is 0 Å². The molecule has 0 saturated heterocycles. The van der Waals surface area contributed by atoms with Crippen molar-refractivity contribution in [3.63, 3.8) is 0 Å². The van der Waals surface area contributed by atoms with Crippen molar-refractivity contribution in [2.75, 3.05) is 6.54 Å². The molecule has 7 nitrogen and oxygen atoms in total. The molecule has 1 aromatic heterocycles. The summed E-state index contributed by atoms with van der Waals surface area (Å²) in [5.74, 6) is -0.626. The Labute approximate surface area is 156 Å². The summed E-state index contributed by atoms with van der Waals surface area (Å²) in [6.07, 6.45) is 3.36. The van der Waals surface area contributed by atoms with Crippen LogP contribution in [0, 0.1) is 0 Å². The molecule has 2 amide bonds. The van der Waals surface area contributed by atoms with Crippen LogP contribution in [0.1, 0.15) is 11.1 Å². The first-order chi connectivity index (χ1) is 13.2. The lowest BCUT2D eigenvalue weighted by molar-refractivity contribution is -0.125. The van der Waals surface area contributed by atoms with Gasteiger partial charge in [0.25, 0.3) is 5.91 Å². The van der Waals surface area contributed by atoms with Gasteiger partial charge in [0, 0.05) is 11.1 Å². The minimum atomic E-state index is -0.405. The van der Waals surface area contributed by atoms with Crippen molar-refractivity contribution in [1.29, 1.82) is 0 Å². The van der Waals surface area contributed by atoms with E-state index in [0.29, 0.717) is 0 Å². The van der Waals surface area contributed by atoms with E-state index in [1.807, 2.05) is 60.7 Å². The van der Waals surface area contributed by atoms with E-state index in [1.165, 1.54) is 6.21 Å². The van der Waals surface area contributed by atoms with Crippen LogP contribution in [0.4, 0.5) is 0 Å². The van der Waals surface area contributed by atoms with Gasteiger partial charge in [-0.2, -0.15) is 10.2 Å². The maximum Gasteiger partial charge on any atom is 0.259 e. The second-order valence-corrected chi connectivity index (χ2v) is 5.80. The number of H-pyrrole nitrogens is 1. The van der Waals surface area contributed by atoms with E-state index in [0.717, 1.165) is 22.4 Å². The highest BCUT2D eigenvalue weighted by Crippen LogP contribution is 2.18. The maximum absolute atomic E-state index is 11.8. The van der Waals surface area contributed by atoms with Gasteiger partial charge in [0.1, 0.15) is 0 Å². The molecule has 0 bridgehead atoms. The standard InChI is InChI=1S/C20H19N5O2/c26-18(11-15-7-3-1-4-8-15)21-14-19(27)24-22-12-17-13-23-25-20(17)16-9-5-2-6-10-16/h1-10,12-13H,11,14H2,(H,21,26)(H,23,25)(H,24,27)/b22-12-. The van der Waals surface area contributed by atoms with Crippen LogP contribution in [-0.2, 0) is 16.0 Å². The van der Waals surface area contributed by atoms with Crippen LogP contribution in [-0.4, -0.2) is 34.8 Å². The first kappa shape index (κ1) is 18.1. The number of hydrogen-bond donors (Lipinski definition) is 3. The van der Waals surface area contributed by atoms with E-state index in [1.54, 1.807) is 6.20 Å². The predicted octanol–water partition coefficient (Wildman–Crippen LogP) is 1.89. The Morgan fingerprint density at radius 2 is 1.70 bits per heavy atom. The molecule has 0 radical (unpaired) electrons. The molecule has 0 aliphatic carbocycles. The Kier molecular flexibility index (Phi) is 6.08. The predicted molar refractivity (Wildman–Crippen MR) is 103 cm³/mol. The average Bonchev–Trinajstić information content (AvgIpc) is 3.16. The number of rotatable bonds is 7. The number of carbonyl (C=O) groups excluding carboxylic acids is 2. The Morgan fingerprint density at radius 1 is 1.00 bits per heavy atom. The molecule has 27 heavy (non-hydrogen) atoms. The fourth-order valence-corrected chi connectivity index (χ4v) is 2.47. The molecule has 3 N–H and O–H groups in total. The van der Waals surface area contributed by atoms with Crippen LogP contribution < -0.4 is 10.7 Å². The molecule has 0 spiro atoms. The summed E-state index contributed by atoms with van der Waals surface area (Å²) in [6, 6.07) is 19.0. The number of nitrogens with zero attached hydrogens (tertiary/aromatic N) is 2. The molecule has 0 saturated carbocycles. The molecule has 3 rings (SSSR count). The fraction of sp³-hybridized carbons (Fsp3) is 0.100. The number of aromatic amines is 1. The van der Waals surface area contributed by atoms with Gasteiger partial charge in [-0.3, -0.25) is 14.7 Å². The Hall–Kier alpha value is -3.74. The monoisotopic (exact) mass is 361 g/mol. The van der Waals surface area contributed by atoms with Gasteiger partial charge < -0.3 is 5.32 Å². The average molecular weight is 361 g/mol. The third kappa shape index (κ3) is 5.37. The fourth-order valence-electron chi connectivity index (χ4n) is 2.47. The summed E-state index contributed by atoms with van der Waals surface area (Å²) < 4.78 is 0. The molecule has 0 aliphatic heterocycles. The number of nitrogens with one attached hydrogen (secondary N) is 3. The normalized spacial score (nSPS) is 10.7. The van der Waals surface area contributed by atoms with Crippen molar-refractivity contribution >= 4 is 18.0 Å². The van der Waals surface area contributed by atoms with Gasteiger partial charge in [-0.1, -0.05) is 60.7 Å². The highest BCUT2D eigenvalue weighted by atomic mass is 16.2. The minimum absolute atomic E-state index is 0.139.